The summed E-state index contributed by atoms with van der Waals surface area (Å²) in [4.78, 5) is 27.8. The van der Waals surface area contributed by atoms with Crippen molar-refractivity contribution >= 4 is 11.8 Å². The monoisotopic (exact) mass is 574 g/mol. The minimum Gasteiger partial charge on any atom is -0.492 e. The quantitative estimate of drug-likeness (QED) is 0.493. The highest BCUT2D eigenvalue weighted by Gasteiger charge is 2.31. The number of carbonyl (C=O) groups is 2. The van der Waals surface area contributed by atoms with Gasteiger partial charge in [-0.15, -0.1) is 0 Å². The van der Waals surface area contributed by atoms with Gasteiger partial charge in [-0.2, -0.15) is 13.2 Å². The number of hydrogen-bond donors (Lipinski definition) is 3. The van der Waals surface area contributed by atoms with Gasteiger partial charge in [0.25, 0.3) is 0 Å². The van der Waals surface area contributed by atoms with Crippen molar-refractivity contribution in [3.8, 4) is 5.75 Å². The van der Waals surface area contributed by atoms with E-state index in [0.717, 1.165) is 42.0 Å². The van der Waals surface area contributed by atoms with Crippen molar-refractivity contribution in [2.45, 2.75) is 64.7 Å². The molecular formula is C31H41F3N4O3. The van der Waals surface area contributed by atoms with E-state index in [-0.39, 0.29) is 37.4 Å². The Morgan fingerprint density at radius 3 is 2.46 bits per heavy atom. The molecule has 2 amide bonds. The van der Waals surface area contributed by atoms with Crippen molar-refractivity contribution in [2.24, 2.45) is 0 Å². The number of para-hydroxylation sites is 1. The molecule has 2 atom stereocenters. The maximum Gasteiger partial charge on any atom is 0.416 e. The van der Waals surface area contributed by atoms with E-state index >= 15 is 0 Å². The number of amides is 2. The number of halogens is 3. The Morgan fingerprint density at radius 2 is 1.76 bits per heavy atom. The molecule has 2 aromatic carbocycles. The molecule has 41 heavy (non-hydrogen) atoms. The van der Waals surface area contributed by atoms with Crippen molar-refractivity contribution < 1.29 is 27.5 Å². The molecule has 2 heterocycles. The molecular weight excluding hydrogens is 533 g/mol. The summed E-state index contributed by atoms with van der Waals surface area (Å²) in [5.41, 5.74) is 1.49. The van der Waals surface area contributed by atoms with Gasteiger partial charge < -0.3 is 25.6 Å². The Hall–Kier alpha value is -3.53. The van der Waals surface area contributed by atoms with E-state index in [4.69, 9.17) is 4.74 Å². The number of fused-ring (bicyclic) bond motifs is 2. The number of aryl methyl sites for hydroxylation is 1. The summed E-state index contributed by atoms with van der Waals surface area (Å²) in [5, 5.41) is 9.02. The first-order chi connectivity index (χ1) is 19.6. The third-order valence-corrected chi connectivity index (χ3v) is 6.84. The summed E-state index contributed by atoms with van der Waals surface area (Å²) in [5.74, 6) is 0.301. The zero-order valence-corrected chi connectivity index (χ0v) is 24.0. The van der Waals surface area contributed by atoms with Crippen molar-refractivity contribution in [3.05, 3.63) is 77.0 Å². The minimum absolute atomic E-state index is 0.0773. The second-order valence-electron chi connectivity index (χ2n) is 10.2. The van der Waals surface area contributed by atoms with Crippen LogP contribution in [0.1, 0.15) is 50.3 Å². The van der Waals surface area contributed by atoms with Crippen LogP contribution in [0.15, 0.2) is 60.3 Å². The molecule has 1 unspecified atom stereocenters. The zero-order valence-electron chi connectivity index (χ0n) is 24.0. The van der Waals surface area contributed by atoms with E-state index in [1.807, 2.05) is 42.2 Å². The van der Waals surface area contributed by atoms with E-state index in [2.05, 4.69) is 29.8 Å². The molecule has 3 N–H and O–H groups in total. The highest BCUT2D eigenvalue weighted by Crippen LogP contribution is 2.30. The molecule has 0 fully saturated rings. The van der Waals surface area contributed by atoms with Crippen molar-refractivity contribution in [2.75, 3.05) is 32.8 Å². The predicted octanol–water partition coefficient (Wildman–Crippen LogP) is 4.47. The fourth-order valence-electron chi connectivity index (χ4n) is 4.60. The number of carbonyl (C=O) groups excluding carboxylic acids is 2. The molecule has 0 radical (unpaired) electrons. The Bertz CT molecular complexity index is 1190. The molecule has 4 rings (SSSR count). The van der Waals surface area contributed by atoms with Crippen molar-refractivity contribution in [1.82, 2.24) is 20.9 Å². The number of alkyl halides is 3. The lowest BCUT2D eigenvalue weighted by atomic mass is 10.0. The van der Waals surface area contributed by atoms with Gasteiger partial charge in [-0.1, -0.05) is 56.7 Å². The van der Waals surface area contributed by atoms with Crippen LogP contribution < -0.4 is 20.7 Å². The second-order valence-corrected chi connectivity index (χ2v) is 10.2. The molecule has 2 aliphatic rings. The Kier molecular flexibility index (Phi) is 12.1. The van der Waals surface area contributed by atoms with Gasteiger partial charge >= 0.3 is 6.18 Å². The third-order valence-electron chi connectivity index (χ3n) is 6.84. The molecule has 0 aromatic heterocycles. The summed E-state index contributed by atoms with van der Waals surface area (Å²) in [7, 11) is 0. The number of rotatable bonds is 2. The van der Waals surface area contributed by atoms with Gasteiger partial charge in [0.2, 0.25) is 11.8 Å². The van der Waals surface area contributed by atoms with Crippen molar-refractivity contribution in [1.29, 1.82) is 0 Å². The average molecular weight is 575 g/mol. The maximum atomic E-state index is 13.2. The molecule has 0 saturated heterocycles. The van der Waals surface area contributed by atoms with Crippen LogP contribution in [0.2, 0.25) is 0 Å². The van der Waals surface area contributed by atoms with Gasteiger partial charge in [0, 0.05) is 25.3 Å². The summed E-state index contributed by atoms with van der Waals surface area (Å²) < 4.78 is 45.6. The summed E-state index contributed by atoms with van der Waals surface area (Å²) in [6.45, 7) is 8.05. The van der Waals surface area contributed by atoms with Crippen LogP contribution >= 0.6 is 0 Å². The Labute approximate surface area is 240 Å². The first-order valence-corrected chi connectivity index (χ1v) is 14.2. The van der Waals surface area contributed by atoms with E-state index in [1.165, 1.54) is 12.5 Å². The third kappa shape index (κ3) is 9.52. The lowest BCUT2D eigenvalue weighted by Gasteiger charge is -2.38. The van der Waals surface area contributed by atoms with Crippen LogP contribution in [0, 0.1) is 0 Å². The number of nitrogens with zero attached hydrogens (tertiary/aromatic N) is 1. The first kappa shape index (κ1) is 32.0. The van der Waals surface area contributed by atoms with Gasteiger partial charge in [-0.25, -0.2) is 0 Å². The fourth-order valence-corrected chi connectivity index (χ4v) is 4.60. The smallest absolute Gasteiger partial charge is 0.416 e. The molecule has 2 aliphatic heterocycles. The van der Waals surface area contributed by atoms with Crippen LogP contribution in [0.25, 0.3) is 0 Å². The first-order valence-electron chi connectivity index (χ1n) is 14.2. The fraction of sp³-hybridized carbons (Fsp3) is 0.484. The van der Waals surface area contributed by atoms with E-state index < -0.39 is 17.8 Å². The van der Waals surface area contributed by atoms with Crippen LogP contribution in [-0.4, -0.2) is 61.6 Å². The molecule has 224 valence electrons. The topological polar surface area (TPSA) is 82.7 Å². The number of benzene rings is 2. The summed E-state index contributed by atoms with van der Waals surface area (Å²) in [6, 6.07) is 11.5. The second kappa shape index (κ2) is 15.5. The molecule has 10 heteroatoms. The Morgan fingerprint density at radius 1 is 1.00 bits per heavy atom. The average Bonchev–Trinajstić information content (AvgIpc) is 2.92. The lowest BCUT2D eigenvalue weighted by molar-refractivity contribution is -0.137. The molecule has 0 bridgehead atoms. The van der Waals surface area contributed by atoms with Gasteiger partial charge in [0.05, 0.1) is 18.2 Å². The molecule has 7 nitrogen and oxygen atoms in total. The molecule has 2 aromatic rings. The van der Waals surface area contributed by atoms with Gasteiger partial charge in [-0.3, -0.25) is 9.59 Å². The SMILES string of the molecule is CC1C(=O)NCCCc2ccccc2OCCN[C@H](Cc2cccc(C(F)(F)F)c2)C(=O)NCC2=CCN21.CCC. The highest BCUT2D eigenvalue weighted by atomic mass is 19.4. The van der Waals surface area contributed by atoms with E-state index in [0.29, 0.717) is 25.2 Å². The van der Waals surface area contributed by atoms with Crippen molar-refractivity contribution in [3.63, 3.8) is 0 Å². The lowest BCUT2D eigenvalue weighted by Crippen LogP contribution is -2.52. The van der Waals surface area contributed by atoms with Gasteiger partial charge in [-0.05, 0) is 55.5 Å². The largest absolute Gasteiger partial charge is 0.492 e. The highest BCUT2D eigenvalue weighted by molar-refractivity contribution is 5.83. The van der Waals surface area contributed by atoms with Gasteiger partial charge in [0.15, 0.2) is 0 Å². The standard InChI is InChI=1S/C28H33F3N4O3.C3H8/c1-19-26(36)33-12-5-8-21-7-2-3-10-25(21)38-15-13-32-24(27(37)34-18-23-11-14-35(19)23)17-20-6-4-9-22(16-20)28(29,30)31;1-3-2/h2-4,6-7,9-11,16,19,24,32H,5,8,12-15,17-18H2,1H3,(H,33,36)(H,34,37);3H2,1-2H3/t19?,24-;/m1./s1. The van der Waals surface area contributed by atoms with Crippen LogP contribution in [0.5, 0.6) is 5.75 Å². The predicted molar refractivity (Wildman–Crippen MR) is 153 cm³/mol. The number of nitrogens with one attached hydrogen (secondary N) is 3. The summed E-state index contributed by atoms with van der Waals surface area (Å²) in [6.07, 6.45) is 0.299. The molecule has 0 aliphatic carbocycles. The number of ether oxygens (including phenoxy) is 1. The zero-order chi connectivity index (χ0) is 29.8. The molecule has 0 spiro atoms. The van der Waals surface area contributed by atoms with Crippen LogP contribution in [0.3, 0.4) is 0 Å². The minimum atomic E-state index is -4.46. The maximum absolute atomic E-state index is 13.2. The van der Waals surface area contributed by atoms with E-state index in [9.17, 15) is 22.8 Å². The van der Waals surface area contributed by atoms with Crippen LogP contribution in [0.4, 0.5) is 13.2 Å². The number of hydrogen-bond acceptors (Lipinski definition) is 5. The normalized spacial score (nSPS) is 20.6. The summed E-state index contributed by atoms with van der Waals surface area (Å²) >= 11 is 0. The van der Waals surface area contributed by atoms with Gasteiger partial charge in [0.1, 0.15) is 18.4 Å². The van der Waals surface area contributed by atoms with E-state index in [1.54, 1.807) is 6.07 Å². The Balaban J connectivity index is 0.00000147. The molecule has 0 saturated carbocycles. The van der Waals surface area contributed by atoms with Crippen LogP contribution in [-0.2, 0) is 28.6 Å².